The van der Waals surface area contributed by atoms with E-state index >= 15 is 0 Å². The maximum absolute atomic E-state index is 12.4. The Bertz CT molecular complexity index is 476. The standard InChI is InChI=1S/C11H16N4O3S/c1-3-18-11(17)8-6-12-4-5-15(8)10(16)9-7(2)13-14-19-9/h8,12H,3-6H2,1-2H3. The Morgan fingerprint density at radius 1 is 1.58 bits per heavy atom. The van der Waals surface area contributed by atoms with Crippen LogP contribution in [0.5, 0.6) is 0 Å². The number of nitrogens with zero attached hydrogens (tertiary/aromatic N) is 3. The van der Waals surface area contributed by atoms with Crippen molar-refractivity contribution in [3.05, 3.63) is 10.6 Å². The van der Waals surface area contributed by atoms with Gasteiger partial charge in [0.1, 0.15) is 10.9 Å². The summed E-state index contributed by atoms with van der Waals surface area (Å²) in [4.78, 5) is 26.3. The van der Waals surface area contributed by atoms with Gasteiger partial charge in [-0.05, 0) is 25.4 Å². The van der Waals surface area contributed by atoms with Gasteiger partial charge in [0, 0.05) is 19.6 Å². The van der Waals surface area contributed by atoms with Gasteiger partial charge in [-0.2, -0.15) is 0 Å². The second-order valence-corrected chi connectivity index (χ2v) is 4.91. The van der Waals surface area contributed by atoms with Crippen molar-refractivity contribution < 1.29 is 14.3 Å². The van der Waals surface area contributed by atoms with Gasteiger partial charge in [-0.1, -0.05) is 4.49 Å². The van der Waals surface area contributed by atoms with E-state index in [4.69, 9.17) is 4.74 Å². The molecule has 1 aliphatic rings. The van der Waals surface area contributed by atoms with Gasteiger partial charge in [-0.15, -0.1) is 5.10 Å². The molecule has 8 heteroatoms. The fraction of sp³-hybridized carbons (Fsp3) is 0.636. The second-order valence-electron chi connectivity index (χ2n) is 4.16. The summed E-state index contributed by atoms with van der Waals surface area (Å²) in [6.07, 6.45) is 0. The number of hydrogen-bond donors (Lipinski definition) is 1. The van der Waals surface area contributed by atoms with Gasteiger partial charge in [0.2, 0.25) is 0 Å². The number of ether oxygens (including phenoxy) is 1. The number of hydrogen-bond acceptors (Lipinski definition) is 7. The molecule has 0 aliphatic carbocycles. The van der Waals surface area contributed by atoms with Crippen LogP contribution in [0.1, 0.15) is 22.3 Å². The number of esters is 1. The number of rotatable bonds is 3. The summed E-state index contributed by atoms with van der Waals surface area (Å²) >= 11 is 1.05. The summed E-state index contributed by atoms with van der Waals surface area (Å²) in [5.74, 6) is -0.578. The van der Waals surface area contributed by atoms with Crippen LogP contribution in [0.25, 0.3) is 0 Å². The van der Waals surface area contributed by atoms with E-state index in [9.17, 15) is 9.59 Å². The molecule has 1 aromatic heterocycles. The molecule has 1 fully saturated rings. The molecule has 1 unspecified atom stereocenters. The normalized spacial score (nSPS) is 19.3. The number of carbonyl (C=O) groups excluding carboxylic acids is 2. The highest BCUT2D eigenvalue weighted by molar-refractivity contribution is 7.07. The average Bonchev–Trinajstić information content (AvgIpc) is 2.84. The third-order valence-corrected chi connectivity index (χ3v) is 3.72. The third-order valence-electron chi connectivity index (χ3n) is 2.91. The van der Waals surface area contributed by atoms with Gasteiger partial charge >= 0.3 is 5.97 Å². The van der Waals surface area contributed by atoms with E-state index in [2.05, 4.69) is 14.9 Å². The summed E-state index contributed by atoms with van der Waals surface area (Å²) in [7, 11) is 0. The molecule has 1 aromatic rings. The van der Waals surface area contributed by atoms with Crippen molar-refractivity contribution in [3.8, 4) is 0 Å². The first-order valence-electron chi connectivity index (χ1n) is 6.12. The number of aryl methyl sites for hydroxylation is 1. The van der Waals surface area contributed by atoms with Crippen LogP contribution in [0.4, 0.5) is 0 Å². The lowest BCUT2D eigenvalue weighted by Gasteiger charge is -2.34. The van der Waals surface area contributed by atoms with Crippen LogP contribution >= 0.6 is 11.5 Å². The van der Waals surface area contributed by atoms with E-state index in [0.29, 0.717) is 36.8 Å². The highest BCUT2D eigenvalue weighted by atomic mass is 32.1. The zero-order valence-electron chi connectivity index (χ0n) is 10.9. The van der Waals surface area contributed by atoms with Crippen molar-refractivity contribution in [3.63, 3.8) is 0 Å². The topological polar surface area (TPSA) is 84.4 Å². The molecule has 1 atom stereocenters. The quantitative estimate of drug-likeness (QED) is 0.775. The number of aromatic nitrogens is 2. The Morgan fingerprint density at radius 2 is 2.37 bits per heavy atom. The highest BCUT2D eigenvalue weighted by Gasteiger charge is 2.34. The molecule has 2 rings (SSSR count). The van der Waals surface area contributed by atoms with Crippen LogP contribution in [0.3, 0.4) is 0 Å². The molecule has 2 heterocycles. The number of amides is 1. The summed E-state index contributed by atoms with van der Waals surface area (Å²) in [5.41, 5.74) is 0.594. The van der Waals surface area contributed by atoms with Gasteiger partial charge in [-0.25, -0.2) is 4.79 Å². The smallest absolute Gasteiger partial charge is 0.330 e. The molecule has 104 valence electrons. The van der Waals surface area contributed by atoms with Crippen LogP contribution in [-0.4, -0.2) is 58.6 Å². The Hall–Kier alpha value is -1.54. The van der Waals surface area contributed by atoms with Crippen molar-refractivity contribution >= 4 is 23.4 Å². The predicted molar refractivity (Wildman–Crippen MR) is 69.0 cm³/mol. The summed E-state index contributed by atoms with van der Waals surface area (Å²) in [6.45, 7) is 5.33. The van der Waals surface area contributed by atoms with Crippen molar-refractivity contribution in [1.29, 1.82) is 0 Å². The lowest BCUT2D eigenvalue weighted by atomic mass is 10.1. The van der Waals surface area contributed by atoms with E-state index in [1.807, 2.05) is 0 Å². The number of piperazine rings is 1. The minimum Gasteiger partial charge on any atom is -0.464 e. The van der Waals surface area contributed by atoms with Crippen molar-refractivity contribution in [2.24, 2.45) is 0 Å². The fourth-order valence-corrected chi connectivity index (χ4v) is 2.57. The lowest BCUT2D eigenvalue weighted by Crippen LogP contribution is -2.57. The molecule has 7 nitrogen and oxygen atoms in total. The first kappa shape index (κ1) is 13.9. The third kappa shape index (κ3) is 2.90. The van der Waals surface area contributed by atoms with E-state index in [-0.39, 0.29) is 11.9 Å². The Kier molecular flexibility index (Phi) is 4.43. The summed E-state index contributed by atoms with van der Waals surface area (Å²) in [5, 5.41) is 6.92. The van der Waals surface area contributed by atoms with E-state index < -0.39 is 6.04 Å². The average molecular weight is 284 g/mol. The molecule has 0 saturated carbocycles. The second kappa shape index (κ2) is 6.07. The molecular formula is C11H16N4O3S. The van der Waals surface area contributed by atoms with Gasteiger partial charge in [0.15, 0.2) is 0 Å². The van der Waals surface area contributed by atoms with Gasteiger partial charge in [0.05, 0.1) is 12.3 Å². The fourth-order valence-electron chi connectivity index (χ4n) is 1.95. The Labute approximate surface area is 115 Å². The molecule has 1 amide bonds. The van der Waals surface area contributed by atoms with Crippen LogP contribution in [0, 0.1) is 6.92 Å². The number of carbonyl (C=O) groups is 2. The monoisotopic (exact) mass is 284 g/mol. The van der Waals surface area contributed by atoms with Crippen LogP contribution in [-0.2, 0) is 9.53 Å². The first-order valence-corrected chi connectivity index (χ1v) is 6.89. The van der Waals surface area contributed by atoms with Gasteiger partial charge < -0.3 is 15.0 Å². The largest absolute Gasteiger partial charge is 0.464 e. The first-order chi connectivity index (χ1) is 9.15. The number of nitrogens with one attached hydrogen (secondary N) is 1. The molecule has 1 saturated heterocycles. The molecule has 1 N–H and O–H groups in total. The Balaban J connectivity index is 2.18. The predicted octanol–water partition coefficient (Wildman–Crippen LogP) is -0.176. The lowest BCUT2D eigenvalue weighted by molar-refractivity contribution is -0.149. The van der Waals surface area contributed by atoms with Crippen molar-refractivity contribution in [2.75, 3.05) is 26.2 Å². The van der Waals surface area contributed by atoms with Crippen LogP contribution in [0.15, 0.2) is 0 Å². The minimum absolute atomic E-state index is 0.202. The maximum Gasteiger partial charge on any atom is 0.330 e. The zero-order chi connectivity index (χ0) is 13.8. The van der Waals surface area contributed by atoms with Crippen LogP contribution in [0.2, 0.25) is 0 Å². The molecule has 0 spiro atoms. The van der Waals surface area contributed by atoms with E-state index in [1.54, 1.807) is 13.8 Å². The summed E-state index contributed by atoms with van der Waals surface area (Å²) < 4.78 is 8.76. The summed E-state index contributed by atoms with van der Waals surface area (Å²) in [6, 6.07) is -0.581. The van der Waals surface area contributed by atoms with E-state index in [0.717, 1.165) is 11.5 Å². The molecule has 19 heavy (non-hydrogen) atoms. The van der Waals surface area contributed by atoms with Crippen molar-refractivity contribution in [1.82, 2.24) is 19.8 Å². The maximum atomic E-state index is 12.4. The van der Waals surface area contributed by atoms with Gasteiger partial charge in [0.25, 0.3) is 5.91 Å². The molecular weight excluding hydrogens is 268 g/mol. The minimum atomic E-state index is -0.581. The SMILES string of the molecule is CCOC(=O)C1CNCCN1C(=O)c1snnc1C. The highest BCUT2D eigenvalue weighted by Crippen LogP contribution is 2.16. The van der Waals surface area contributed by atoms with Gasteiger partial charge in [-0.3, -0.25) is 4.79 Å². The zero-order valence-corrected chi connectivity index (χ0v) is 11.7. The molecule has 0 aromatic carbocycles. The molecule has 1 aliphatic heterocycles. The Morgan fingerprint density at radius 3 is 3.00 bits per heavy atom. The molecule has 0 radical (unpaired) electrons. The van der Waals surface area contributed by atoms with Crippen LogP contribution < -0.4 is 5.32 Å². The van der Waals surface area contributed by atoms with E-state index in [1.165, 1.54) is 4.90 Å². The van der Waals surface area contributed by atoms with Crippen molar-refractivity contribution in [2.45, 2.75) is 19.9 Å². The molecule has 0 bridgehead atoms.